The fourth-order valence-corrected chi connectivity index (χ4v) is 3.35. The molecule has 0 aliphatic rings. The molecule has 126 valence electrons. The molecule has 0 radical (unpaired) electrons. The molecule has 0 unspecified atom stereocenters. The SMILES string of the molecule is CCCNc1nn(CN(C)Cc2cc(Cl)ccc2OC)c(=S)s1. The standard InChI is InChI=1S/C15H21ClN4OS2/c1-4-7-17-14-18-20(15(22)23-14)10-19(2)9-11-8-12(16)5-6-13(11)21-3/h5-6,8H,4,7,9-10H2,1-3H3,(H,17,18). The van der Waals surface area contributed by atoms with Gasteiger partial charge in [-0.05, 0) is 43.9 Å². The van der Waals surface area contributed by atoms with Gasteiger partial charge >= 0.3 is 0 Å². The molecule has 2 aromatic rings. The molecule has 0 spiro atoms. The Morgan fingerprint density at radius 1 is 1.48 bits per heavy atom. The van der Waals surface area contributed by atoms with Gasteiger partial charge in [-0.1, -0.05) is 29.9 Å². The van der Waals surface area contributed by atoms with Gasteiger partial charge in [-0.15, -0.1) is 5.10 Å². The van der Waals surface area contributed by atoms with Crippen molar-refractivity contribution in [3.63, 3.8) is 0 Å². The van der Waals surface area contributed by atoms with Crippen molar-refractivity contribution >= 4 is 40.3 Å². The number of hydrogen-bond acceptors (Lipinski definition) is 6. The van der Waals surface area contributed by atoms with E-state index in [1.807, 2.05) is 29.9 Å². The molecule has 2 rings (SSSR count). The van der Waals surface area contributed by atoms with Gasteiger partial charge in [0.15, 0.2) is 3.95 Å². The van der Waals surface area contributed by atoms with Gasteiger partial charge in [-0.25, -0.2) is 4.68 Å². The number of ether oxygens (including phenoxy) is 1. The number of halogens is 1. The molecule has 1 heterocycles. The summed E-state index contributed by atoms with van der Waals surface area (Å²) in [6.07, 6.45) is 1.06. The van der Waals surface area contributed by atoms with Crippen LogP contribution in [0.4, 0.5) is 5.13 Å². The van der Waals surface area contributed by atoms with E-state index in [4.69, 9.17) is 28.6 Å². The van der Waals surface area contributed by atoms with Gasteiger partial charge in [-0.2, -0.15) is 0 Å². The van der Waals surface area contributed by atoms with E-state index < -0.39 is 0 Å². The molecule has 0 saturated heterocycles. The summed E-state index contributed by atoms with van der Waals surface area (Å²) < 4.78 is 7.97. The highest BCUT2D eigenvalue weighted by atomic mass is 35.5. The van der Waals surface area contributed by atoms with E-state index in [9.17, 15) is 0 Å². The molecule has 8 heteroatoms. The van der Waals surface area contributed by atoms with Gasteiger partial charge in [0.2, 0.25) is 5.13 Å². The normalized spacial score (nSPS) is 11.0. The van der Waals surface area contributed by atoms with Crippen molar-refractivity contribution in [2.45, 2.75) is 26.6 Å². The number of rotatable bonds is 8. The van der Waals surface area contributed by atoms with Crippen LogP contribution in [-0.2, 0) is 13.2 Å². The summed E-state index contributed by atoms with van der Waals surface area (Å²) in [7, 11) is 3.68. The third-order valence-electron chi connectivity index (χ3n) is 3.19. The molecule has 1 N–H and O–H groups in total. The summed E-state index contributed by atoms with van der Waals surface area (Å²) in [4.78, 5) is 2.12. The van der Waals surface area contributed by atoms with E-state index in [1.165, 1.54) is 11.3 Å². The molecule has 23 heavy (non-hydrogen) atoms. The molecular formula is C15H21ClN4OS2. The van der Waals surface area contributed by atoms with Crippen LogP contribution in [-0.4, -0.2) is 35.4 Å². The largest absolute Gasteiger partial charge is 0.496 e. The lowest BCUT2D eigenvalue weighted by molar-refractivity contribution is 0.242. The van der Waals surface area contributed by atoms with E-state index >= 15 is 0 Å². The van der Waals surface area contributed by atoms with Crippen LogP contribution < -0.4 is 10.1 Å². The quantitative estimate of drug-likeness (QED) is 0.702. The van der Waals surface area contributed by atoms with Crippen LogP contribution in [0.1, 0.15) is 18.9 Å². The number of benzene rings is 1. The third-order valence-corrected chi connectivity index (χ3v) is 4.69. The monoisotopic (exact) mass is 372 g/mol. The van der Waals surface area contributed by atoms with Crippen molar-refractivity contribution in [3.8, 4) is 5.75 Å². The highest BCUT2D eigenvalue weighted by molar-refractivity contribution is 7.73. The van der Waals surface area contributed by atoms with E-state index in [2.05, 4.69) is 22.2 Å². The summed E-state index contributed by atoms with van der Waals surface area (Å²) in [6, 6.07) is 5.63. The zero-order chi connectivity index (χ0) is 16.8. The van der Waals surface area contributed by atoms with Crippen molar-refractivity contribution in [1.82, 2.24) is 14.7 Å². The van der Waals surface area contributed by atoms with Crippen LogP contribution in [0, 0.1) is 3.95 Å². The van der Waals surface area contributed by atoms with Crippen LogP contribution in [0.25, 0.3) is 0 Å². The first-order valence-electron chi connectivity index (χ1n) is 7.36. The molecule has 0 aliphatic carbocycles. The minimum atomic E-state index is 0.610. The number of methoxy groups -OCH3 is 1. The molecule has 0 amide bonds. The summed E-state index contributed by atoms with van der Waals surface area (Å²) in [5.41, 5.74) is 1.04. The molecule has 0 atom stereocenters. The second-order valence-electron chi connectivity index (χ2n) is 5.21. The molecule has 0 saturated carbocycles. The Morgan fingerprint density at radius 3 is 2.96 bits per heavy atom. The smallest absolute Gasteiger partial charge is 0.204 e. The molecule has 0 aliphatic heterocycles. The van der Waals surface area contributed by atoms with E-state index in [-0.39, 0.29) is 0 Å². The zero-order valence-electron chi connectivity index (χ0n) is 13.5. The van der Waals surface area contributed by atoms with Gasteiger partial charge in [0.05, 0.1) is 13.8 Å². The fraction of sp³-hybridized carbons (Fsp3) is 0.467. The molecule has 1 aromatic carbocycles. The Morgan fingerprint density at radius 2 is 2.26 bits per heavy atom. The number of anilines is 1. The Labute approximate surface area is 150 Å². The van der Waals surface area contributed by atoms with Crippen molar-refractivity contribution in [2.75, 3.05) is 26.0 Å². The Balaban J connectivity index is 2.05. The van der Waals surface area contributed by atoms with Crippen molar-refractivity contribution in [2.24, 2.45) is 0 Å². The Hall–Kier alpha value is -1.15. The van der Waals surface area contributed by atoms with Crippen LogP contribution in [0.2, 0.25) is 5.02 Å². The van der Waals surface area contributed by atoms with Gasteiger partial charge in [0, 0.05) is 23.7 Å². The second kappa shape index (κ2) is 8.63. The molecule has 5 nitrogen and oxygen atoms in total. The van der Waals surface area contributed by atoms with E-state index in [1.54, 1.807) is 7.11 Å². The summed E-state index contributed by atoms with van der Waals surface area (Å²) in [5.74, 6) is 0.827. The van der Waals surface area contributed by atoms with Gasteiger partial charge in [-0.3, -0.25) is 4.90 Å². The topological polar surface area (TPSA) is 42.3 Å². The van der Waals surface area contributed by atoms with E-state index in [0.717, 1.165) is 33.4 Å². The molecule has 0 fully saturated rings. The van der Waals surface area contributed by atoms with Crippen molar-refractivity contribution < 1.29 is 4.74 Å². The van der Waals surface area contributed by atoms with Crippen molar-refractivity contribution in [3.05, 3.63) is 32.7 Å². The average molecular weight is 373 g/mol. The first kappa shape index (κ1) is 18.2. The minimum Gasteiger partial charge on any atom is -0.496 e. The van der Waals surface area contributed by atoms with Gasteiger partial charge < -0.3 is 10.1 Å². The average Bonchev–Trinajstić information content (AvgIpc) is 2.85. The van der Waals surface area contributed by atoms with Crippen LogP contribution in [0.5, 0.6) is 5.75 Å². The zero-order valence-corrected chi connectivity index (χ0v) is 15.9. The summed E-state index contributed by atoms with van der Waals surface area (Å²) >= 11 is 13.0. The maximum Gasteiger partial charge on any atom is 0.204 e. The first-order chi connectivity index (χ1) is 11.0. The maximum absolute atomic E-state index is 6.08. The van der Waals surface area contributed by atoms with Crippen LogP contribution in [0.3, 0.4) is 0 Å². The Kier molecular flexibility index (Phi) is 6.83. The fourth-order valence-electron chi connectivity index (χ4n) is 2.14. The van der Waals surface area contributed by atoms with Crippen molar-refractivity contribution in [1.29, 1.82) is 0 Å². The predicted octanol–water partition coefficient (Wildman–Crippen LogP) is 4.25. The molecule has 1 aromatic heterocycles. The lowest BCUT2D eigenvalue weighted by atomic mass is 10.2. The number of nitrogens with zero attached hydrogens (tertiary/aromatic N) is 3. The highest BCUT2D eigenvalue weighted by Crippen LogP contribution is 2.24. The second-order valence-corrected chi connectivity index (χ2v) is 7.27. The lowest BCUT2D eigenvalue weighted by Gasteiger charge is -2.18. The van der Waals surface area contributed by atoms with Gasteiger partial charge in [0.25, 0.3) is 0 Å². The highest BCUT2D eigenvalue weighted by Gasteiger charge is 2.10. The molecule has 0 bridgehead atoms. The number of hydrogen-bond donors (Lipinski definition) is 1. The lowest BCUT2D eigenvalue weighted by Crippen LogP contribution is -2.22. The number of aromatic nitrogens is 2. The third kappa shape index (κ3) is 5.17. The Bertz CT molecular complexity index is 701. The van der Waals surface area contributed by atoms with Crippen LogP contribution >= 0.6 is 35.2 Å². The van der Waals surface area contributed by atoms with Gasteiger partial charge in [0.1, 0.15) is 5.75 Å². The maximum atomic E-state index is 6.08. The number of nitrogens with one attached hydrogen (secondary N) is 1. The summed E-state index contributed by atoms with van der Waals surface area (Å²) in [5, 5.41) is 9.34. The van der Waals surface area contributed by atoms with E-state index in [0.29, 0.717) is 18.2 Å². The van der Waals surface area contributed by atoms with Crippen LogP contribution in [0.15, 0.2) is 18.2 Å². The summed E-state index contributed by atoms with van der Waals surface area (Å²) in [6.45, 7) is 4.33. The predicted molar refractivity (Wildman–Crippen MR) is 99.2 cm³/mol. The first-order valence-corrected chi connectivity index (χ1v) is 8.96. The molecular weight excluding hydrogens is 352 g/mol. The minimum absolute atomic E-state index is 0.610.